The molecular weight excluding hydrogens is 424 g/mol. The van der Waals surface area contributed by atoms with E-state index in [1.807, 2.05) is 0 Å². The minimum Gasteiger partial charge on any atom is -0.365 e. The van der Waals surface area contributed by atoms with Crippen molar-refractivity contribution in [2.75, 3.05) is 25.0 Å². The Balaban J connectivity index is 1.85. The number of halogens is 1. The van der Waals surface area contributed by atoms with Gasteiger partial charge in [0.25, 0.3) is 0 Å². The first-order chi connectivity index (χ1) is 13.0. The molecule has 0 aromatic heterocycles. The number of sulfonamides is 2. The van der Waals surface area contributed by atoms with Crippen LogP contribution >= 0.6 is 11.6 Å². The Morgan fingerprint density at radius 2 is 1.86 bits per heavy atom. The summed E-state index contributed by atoms with van der Waals surface area (Å²) in [6.07, 6.45) is 3.08. The molecule has 11 heteroatoms. The number of anilines is 1. The molecule has 0 bridgehead atoms. The van der Waals surface area contributed by atoms with Gasteiger partial charge >= 0.3 is 0 Å². The lowest BCUT2D eigenvalue weighted by Crippen LogP contribution is -2.59. The third-order valence-electron chi connectivity index (χ3n) is 5.70. The van der Waals surface area contributed by atoms with Gasteiger partial charge in [-0.1, -0.05) is 25.4 Å². The Kier molecular flexibility index (Phi) is 6.02. The summed E-state index contributed by atoms with van der Waals surface area (Å²) < 4.78 is 51.8. The van der Waals surface area contributed by atoms with Crippen molar-refractivity contribution in [2.24, 2.45) is 11.1 Å². The number of primary sulfonamides is 1. The molecule has 158 valence electrons. The van der Waals surface area contributed by atoms with Gasteiger partial charge in [-0.05, 0) is 56.8 Å². The standard InChI is InChI=1S/C17H27ClN4O4S2/c1-3-22(4-2)11-12-5-7-17(8-6-12)20-14-9-13(18)15(27(19,23)24)10-16(14)28(25,26)21-17/h9-10,12,20-21H,3-8,11H2,1-2H3,(H2,19,23,24). The molecule has 1 heterocycles. The van der Waals surface area contributed by atoms with Crippen molar-refractivity contribution in [3.8, 4) is 0 Å². The summed E-state index contributed by atoms with van der Waals surface area (Å²) in [4.78, 5) is 1.82. The third-order valence-corrected chi connectivity index (χ3v) is 8.66. The largest absolute Gasteiger partial charge is 0.365 e. The fourth-order valence-electron chi connectivity index (χ4n) is 4.10. The Labute approximate surface area is 171 Å². The van der Waals surface area contributed by atoms with Gasteiger partial charge < -0.3 is 10.2 Å². The SMILES string of the molecule is CCN(CC)CC1CCC2(CC1)Nc1cc(Cl)c(S(N)(=O)=O)cc1S(=O)(=O)N2. The number of benzene rings is 1. The van der Waals surface area contributed by atoms with E-state index >= 15 is 0 Å². The summed E-state index contributed by atoms with van der Waals surface area (Å²) in [5, 5.41) is 8.31. The van der Waals surface area contributed by atoms with Gasteiger partial charge in [0.15, 0.2) is 0 Å². The molecule has 0 unspecified atom stereocenters. The highest BCUT2D eigenvalue weighted by Crippen LogP contribution is 2.41. The maximum absolute atomic E-state index is 12.9. The van der Waals surface area contributed by atoms with Crippen molar-refractivity contribution in [2.45, 2.75) is 55.0 Å². The first-order valence-electron chi connectivity index (χ1n) is 9.40. The number of hydrogen-bond acceptors (Lipinski definition) is 6. The van der Waals surface area contributed by atoms with E-state index < -0.39 is 30.6 Å². The monoisotopic (exact) mass is 450 g/mol. The average Bonchev–Trinajstić information content (AvgIpc) is 2.59. The lowest BCUT2D eigenvalue weighted by atomic mass is 9.81. The van der Waals surface area contributed by atoms with Crippen LogP contribution < -0.4 is 15.2 Å². The van der Waals surface area contributed by atoms with Crippen molar-refractivity contribution in [1.82, 2.24) is 9.62 Å². The van der Waals surface area contributed by atoms with Gasteiger partial charge in [0, 0.05) is 6.54 Å². The van der Waals surface area contributed by atoms with E-state index in [0.29, 0.717) is 24.4 Å². The molecular formula is C17H27ClN4O4S2. The van der Waals surface area contributed by atoms with Crippen molar-refractivity contribution in [1.29, 1.82) is 0 Å². The van der Waals surface area contributed by atoms with Crippen LogP contribution in [0.4, 0.5) is 5.69 Å². The van der Waals surface area contributed by atoms with Crippen LogP contribution in [0, 0.1) is 5.92 Å². The Bertz CT molecular complexity index is 954. The minimum absolute atomic E-state index is 0.101. The number of fused-ring (bicyclic) bond motifs is 1. The molecule has 1 aliphatic carbocycles. The van der Waals surface area contributed by atoms with E-state index in [1.54, 1.807) is 0 Å². The summed E-state index contributed by atoms with van der Waals surface area (Å²) in [5.41, 5.74) is -0.476. The Morgan fingerprint density at radius 1 is 1.25 bits per heavy atom. The smallest absolute Gasteiger partial charge is 0.244 e. The van der Waals surface area contributed by atoms with Crippen LogP contribution in [0.2, 0.25) is 5.02 Å². The van der Waals surface area contributed by atoms with Crippen molar-refractivity contribution in [3.05, 3.63) is 17.2 Å². The summed E-state index contributed by atoms with van der Waals surface area (Å²) in [5.74, 6) is 0.520. The molecule has 28 heavy (non-hydrogen) atoms. The second-order valence-electron chi connectivity index (χ2n) is 7.57. The van der Waals surface area contributed by atoms with Crippen LogP contribution in [0.15, 0.2) is 21.9 Å². The van der Waals surface area contributed by atoms with Crippen LogP contribution in [0.25, 0.3) is 0 Å². The van der Waals surface area contributed by atoms with E-state index in [9.17, 15) is 16.8 Å². The van der Waals surface area contributed by atoms with Crippen LogP contribution in [-0.2, 0) is 20.0 Å². The zero-order chi connectivity index (χ0) is 20.7. The molecule has 1 aromatic rings. The number of rotatable bonds is 5. The zero-order valence-electron chi connectivity index (χ0n) is 16.0. The molecule has 4 N–H and O–H groups in total. The number of nitrogens with one attached hydrogen (secondary N) is 2. The maximum Gasteiger partial charge on any atom is 0.244 e. The first kappa shape index (κ1) is 21.8. The van der Waals surface area contributed by atoms with Crippen molar-refractivity contribution >= 4 is 37.3 Å². The molecule has 1 aliphatic heterocycles. The van der Waals surface area contributed by atoms with Crippen LogP contribution in [0.1, 0.15) is 39.5 Å². The highest BCUT2D eigenvalue weighted by atomic mass is 35.5. The lowest BCUT2D eigenvalue weighted by molar-refractivity contribution is 0.177. The summed E-state index contributed by atoms with van der Waals surface area (Å²) in [7, 11) is -8.03. The predicted octanol–water partition coefficient (Wildman–Crippen LogP) is 1.92. The van der Waals surface area contributed by atoms with Gasteiger partial charge in [0.1, 0.15) is 15.5 Å². The molecule has 0 amide bonds. The topological polar surface area (TPSA) is 122 Å². The maximum atomic E-state index is 12.9. The Hall–Kier alpha value is -0.910. The molecule has 0 atom stereocenters. The zero-order valence-corrected chi connectivity index (χ0v) is 18.4. The molecule has 0 saturated heterocycles. The molecule has 1 fully saturated rings. The molecule has 8 nitrogen and oxygen atoms in total. The van der Waals surface area contributed by atoms with Gasteiger partial charge in [0.2, 0.25) is 20.0 Å². The highest BCUT2D eigenvalue weighted by Gasteiger charge is 2.44. The van der Waals surface area contributed by atoms with E-state index in [4.69, 9.17) is 16.7 Å². The molecule has 1 saturated carbocycles. The molecule has 0 radical (unpaired) electrons. The summed E-state index contributed by atoms with van der Waals surface area (Å²) in [6.45, 7) is 7.29. The van der Waals surface area contributed by atoms with Gasteiger partial charge in [-0.3, -0.25) is 0 Å². The predicted molar refractivity (Wildman–Crippen MR) is 109 cm³/mol. The van der Waals surface area contributed by atoms with E-state index in [1.165, 1.54) is 6.07 Å². The van der Waals surface area contributed by atoms with Gasteiger partial charge in [-0.15, -0.1) is 0 Å². The van der Waals surface area contributed by atoms with Crippen molar-refractivity contribution in [3.63, 3.8) is 0 Å². The van der Waals surface area contributed by atoms with Gasteiger partial charge in [0.05, 0.1) is 10.7 Å². The van der Waals surface area contributed by atoms with E-state index in [0.717, 1.165) is 38.5 Å². The van der Waals surface area contributed by atoms with E-state index in [-0.39, 0.29) is 9.92 Å². The average molecular weight is 451 g/mol. The quantitative estimate of drug-likeness (QED) is 0.630. The number of nitrogens with zero attached hydrogens (tertiary/aromatic N) is 1. The fraction of sp³-hybridized carbons (Fsp3) is 0.647. The third kappa shape index (κ3) is 4.31. The highest BCUT2D eigenvalue weighted by molar-refractivity contribution is 7.90. The number of nitrogens with two attached hydrogens (primary N) is 1. The summed E-state index contributed by atoms with van der Waals surface area (Å²) >= 11 is 6.06. The lowest BCUT2D eigenvalue weighted by Gasteiger charge is -2.45. The Morgan fingerprint density at radius 3 is 2.39 bits per heavy atom. The molecule has 1 spiro atoms. The van der Waals surface area contributed by atoms with E-state index in [2.05, 4.69) is 28.8 Å². The molecule has 2 aliphatic rings. The molecule has 1 aromatic carbocycles. The van der Waals surface area contributed by atoms with Crippen molar-refractivity contribution < 1.29 is 16.8 Å². The van der Waals surface area contributed by atoms with Crippen LogP contribution in [-0.4, -0.2) is 47.0 Å². The number of hydrogen-bond donors (Lipinski definition) is 3. The normalized spacial score (nSPS) is 26.8. The second kappa shape index (κ2) is 7.73. The minimum atomic E-state index is -4.13. The molecule has 3 rings (SSSR count). The summed E-state index contributed by atoms with van der Waals surface area (Å²) in [6, 6.07) is 2.35. The van der Waals surface area contributed by atoms with Gasteiger partial charge in [-0.2, -0.15) is 4.72 Å². The van der Waals surface area contributed by atoms with Crippen LogP contribution in [0.5, 0.6) is 0 Å². The second-order valence-corrected chi connectivity index (χ2v) is 11.2. The fourth-order valence-corrected chi connectivity index (χ4v) is 6.82. The first-order valence-corrected chi connectivity index (χ1v) is 12.8. The van der Waals surface area contributed by atoms with Gasteiger partial charge in [-0.25, -0.2) is 22.0 Å². The van der Waals surface area contributed by atoms with Crippen LogP contribution in [0.3, 0.4) is 0 Å².